The molecule has 1 heterocycles. The number of esters is 1. The molecule has 0 bridgehead atoms. The Labute approximate surface area is 140 Å². The lowest BCUT2D eigenvalue weighted by molar-refractivity contribution is -0.129. The van der Waals surface area contributed by atoms with Gasteiger partial charge in [-0.2, -0.15) is 0 Å². The van der Waals surface area contributed by atoms with Gasteiger partial charge in [0.1, 0.15) is 13.2 Å². The van der Waals surface area contributed by atoms with E-state index in [9.17, 15) is 9.59 Å². The van der Waals surface area contributed by atoms with Crippen LogP contribution in [-0.4, -0.2) is 37.7 Å². The van der Waals surface area contributed by atoms with E-state index in [0.717, 1.165) is 0 Å². The van der Waals surface area contributed by atoms with Crippen molar-refractivity contribution in [1.29, 1.82) is 0 Å². The first-order chi connectivity index (χ1) is 10.9. The number of ether oxygens (including phenoxy) is 3. The van der Waals surface area contributed by atoms with Gasteiger partial charge in [0.05, 0.1) is 10.6 Å². The number of fused-ring (bicyclic) bond motifs is 1. The van der Waals surface area contributed by atoms with E-state index >= 15 is 0 Å². The highest BCUT2D eigenvalue weighted by Crippen LogP contribution is 2.38. The van der Waals surface area contributed by atoms with Crippen molar-refractivity contribution in [2.24, 2.45) is 5.92 Å². The average molecular weight is 342 g/mol. The Kier molecular flexibility index (Phi) is 5.71. The van der Waals surface area contributed by atoms with Crippen LogP contribution in [0.5, 0.6) is 11.5 Å². The average Bonchev–Trinajstić information content (AvgIpc) is 2.52. The molecule has 23 heavy (non-hydrogen) atoms. The van der Waals surface area contributed by atoms with Crippen LogP contribution < -0.4 is 14.8 Å². The molecule has 6 nitrogen and oxygen atoms in total. The lowest BCUT2D eigenvalue weighted by Crippen LogP contribution is -2.37. The minimum Gasteiger partial charge on any atom is -0.486 e. The molecule has 2 rings (SSSR count). The second-order valence-corrected chi connectivity index (χ2v) is 6.08. The number of hydrogen-bond acceptors (Lipinski definition) is 5. The number of hydrogen-bond donors (Lipinski definition) is 1. The lowest BCUT2D eigenvalue weighted by atomic mass is 10.2. The molecule has 126 valence electrons. The third-order valence-corrected chi connectivity index (χ3v) is 3.45. The van der Waals surface area contributed by atoms with E-state index in [-0.39, 0.29) is 16.5 Å². The van der Waals surface area contributed by atoms with Crippen molar-refractivity contribution < 1.29 is 23.8 Å². The molecule has 1 aromatic rings. The Balaban J connectivity index is 2.03. The van der Waals surface area contributed by atoms with E-state index in [0.29, 0.717) is 37.2 Å². The molecular weight excluding hydrogens is 322 g/mol. The first-order valence-corrected chi connectivity index (χ1v) is 7.84. The third-order valence-electron chi connectivity index (χ3n) is 3.17. The number of carbonyl (C=O) groups is 2. The normalized spacial score (nSPS) is 14.3. The van der Waals surface area contributed by atoms with Gasteiger partial charge >= 0.3 is 5.97 Å². The lowest BCUT2D eigenvalue weighted by Gasteiger charge is -2.20. The molecule has 1 amide bonds. The van der Waals surface area contributed by atoms with Crippen LogP contribution in [0.4, 0.5) is 0 Å². The summed E-state index contributed by atoms with van der Waals surface area (Å²) in [6, 6.07) is 2.94. The molecule has 1 aliphatic rings. The highest BCUT2D eigenvalue weighted by atomic mass is 35.5. The first-order valence-electron chi connectivity index (χ1n) is 7.46. The zero-order valence-electron chi connectivity index (χ0n) is 13.3. The van der Waals surface area contributed by atoms with E-state index in [1.165, 1.54) is 19.1 Å². The van der Waals surface area contributed by atoms with Gasteiger partial charge in [0, 0.05) is 6.54 Å². The van der Waals surface area contributed by atoms with Gasteiger partial charge in [-0.25, -0.2) is 4.79 Å². The minimum atomic E-state index is -0.895. The first kappa shape index (κ1) is 17.4. The maximum atomic E-state index is 12.2. The quantitative estimate of drug-likeness (QED) is 0.833. The molecule has 0 fully saturated rings. The number of amides is 1. The second kappa shape index (κ2) is 7.55. The molecule has 0 aliphatic carbocycles. The Hall–Kier alpha value is -1.95. The molecule has 0 radical (unpaired) electrons. The summed E-state index contributed by atoms with van der Waals surface area (Å²) in [5, 5.41) is 2.98. The molecule has 0 aromatic heterocycles. The maximum Gasteiger partial charge on any atom is 0.339 e. The van der Waals surface area contributed by atoms with E-state index in [1.54, 1.807) is 0 Å². The van der Waals surface area contributed by atoms with E-state index in [1.807, 2.05) is 13.8 Å². The number of halogens is 1. The van der Waals surface area contributed by atoms with Gasteiger partial charge in [-0.15, -0.1) is 0 Å². The van der Waals surface area contributed by atoms with Crippen molar-refractivity contribution in [3.8, 4) is 11.5 Å². The summed E-state index contributed by atoms with van der Waals surface area (Å²) in [7, 11) is 0. The molecule has 1 aliphatic heterocycles. The second-order valence-electron chi connectivity index (χ2n) is 5.67. The minimum absolute atomic E-state index is 0.211. The predicted molar refractivity (Wildman–Crippen MR) is 85.2 cm³/mol. The fourth-order valence-corrected chi connectivity index (χ4v) is 2.22. The smallest absolute Gasteiger partial charge is 0.339 e. The van der Waals surface area contributed by atoms with E-state index in [4.69, 9.17) is 25.8 Å². The zero-order valence-corrected chi connectivity index (χ0v) is 14.1. The SMILES string of the molecule is CC(C)CNC(=O)[C@H](C)OC(=O)c1cc(Cl)c2c(c1)OCCO2. The Bertz CT molecular complexity index is 602. The van der Waals surface area contributed by atoms with Gasteiger partial charge in [0.2, 0.25) is 0 Å². The molecule has 1 aromatic carbocycles. The summed E-state index contributed by atoms with van der Waals surface area (Å²) < 4.78 is 16.0. The van der Waals surface area contributed by atoms with Crippen molar-refractivity contribution >= 4 is 23.5 Å². The standard InChI is InChI=1S/C16H20ClNO5/c1-9(2)8-18-15(19)10(3)23-16(20)11-6-12(17)14-13(7-11)21-4-5-22-14/h6-7,9-10H,4-5,8H2,1-3H3,(H,18,19)/t10-/m0/s1. The van der Waals surface area contributed by atoms with Gasteiger partial charge in [-0.1, -0.05) is 25.4 Å². The Morgan fingerprint density at radius 2 is 1.96 bits per heavy atom. The van der Waals surface area contributed by atoms with Gasteiger partial charge in [-0.05, 0) is 25.0 Å². The summed E-state index contributed by atoms with van der Waals surface area (Å²) in [5.41, 5.74) is 0.211. The summed E-state index contributed by atoms with van der Waals surface area (Å²) in [6.07, 6.45) is -0.895. The topological polar surface area (TPSA) is 73.9 Å². The number of rotatable bonds is 5. The Morgan fingerprint density at radius 1 is 1.26 bits per heavy atom. The van der Waals surface area contributed by atoms with Crippen molar-refractivity contribution in [2.45, 2.75) is 26.9 Å². The van der Waals surface area contributed by atoms with E-state index in [2.05, 4.69) is 5.32 Å². The number of benzene rings is 1. The van der Waals surface area contributed by atoms with Crippen LogP contribution in [0.2, 0.25) is 5.02 Å². The Morgan fingerprint density at radius 3 is 2.65 bits per heavy atom. The molecule has 0 saturated carbocycles. The van der Waals surface area contributed by atoms with Crippen LogP contribution in [0.15, 0.2) is 12.1 Å². The third kappa shape index (κ3) is 4.51. The maximum absolute atomic E-state index is 12.2. The summed E-state index contributed by atoms with van der Waals surface area (Å²) >= 11 is 6.08. The fraction of sp³-hybridized carbons (Fsp3) is 0.500. The molecule has 0 saturated heterocycles. The van der Waals surface area contributed by atoms with Gasteiger partial charge in [-0.3, -0.25) is 4.79 Å². The van der Waals surface area contributed by atoms with Crippen molar-refractivity contribution in [2.75, 3.05) is 19.8 Å². The largest absolute Gasteiger partial charge is 0.486 e. The number of nitrogens with one attached hydrogen (secondary N) is 1. The molecule has 1 atom stereocenters. The summed E-state index contributed by atoms with van der Waals surface area (Å²) in [6.45, 7) is 6.80. The molecular formula is C16H20ClNO5. The van der Waals surface area contributed by atoms with Crippen LogP contribution in [0.25, 0.3) is 0 Å². The number of carbonyl (C=O) groups excluding carboxylic acids is 2. The molecule has 1 N–H and O–H groups in total. The summed E-state index contributed by atoms with van der Waals surface area (Å²) in [5.74, 6) is 0.148. The van der Waals surface area contributed by atoms with Gasteiger partial charge in [0.15, 0.2) is 17.6 Å². The van der Waals surface area contributed by atoms with Crippen molar-refractivity contribution in [3.63, 3.8) is 0 Å². The van der Waals surface area contributed by atoms with Crippen LogP contribution in [0.1, 0.15) is 31.1 Å². The van der Waals surface area contributed by atoms with Crippen LogP contribution in [0, 0.1) is 5.92 Å². The molecule has 7 heteroatoms. The molecule has 0 spiro atoms. The van der Waals surface area contributed by atoms with Gasteiger partial charge < -0.3 is 19.5 Å². The molecule has 0 unspecified atom stereocenters. The van der Waals surface area contributed by atoms with Gasteiger partial charge in [0.25, 0.3) is 5.91 Å². The highest BCUT2D eigenvalue weighted by molar-refractivity contribution is 6.32. The van der Waals surface area contributed by atoms with Crippen LogP contribution >= 0.6 is 11.6 Å². The van der Waals surface area contributed by atoms with Crippen molar-refractivity contribution in [3.05, 3.63) is 22.7 Å². The fourth-order valence-electron chi connectivity index (χ4n) is 1.96. The van der Waals surface area contributed by atoms with Crippen molar-refractivity contribution in [1.82, 2.24) is 5.32 Å². The highest BCUT2D eigenvalue weighted by Gasteiger charge is 2.23. The van der Waals surface area contributed by atoms with Crippen LogP contribution in [-0.2, 0) is 9.53 Å². The predicted octanol–water partition coefficient (Wildman–Crippen LogP) is 2.43. The monoisotopic (exact) mass is 341 g/mol. The zero-order chi connectivity index (χ0) is 17.0. The van der Waals surface area contributed by atoms with E-state index < -0.39 is 12.1 Å². The summed E-state index contributed by atoms with van der Waals surface area (Å²) in [4.78, 5) is 24.0. The van der Waals surface area contributed by atoms with Crippen LogP contribution in [0.3, 0.4) is 0 Å².